The largest absolute Gasteiger partial charge is 0.493 e. The van der Waals surface area contributed by atoms with Gasteiger partial charge in [-0.1, -0.05) is 6.08 Å². The molecular weight excluding hydrogens is 320 g/mol. The molecule has 0 atom stereocenters. The smallest absolute Gasteiger partial charge is 0.255 e. The van der Waals surface area contributed by atoms with E-state index in [2.05, 4.69) is 11.9 Å². The van der Waals surface area contributed by atoms with Gasteiger partial charge in [0.1, 0.15) is 0 Å². The summed E-state index contributed by atoms with van der Waals surface area (Å²) in [6.07, 6.45) is 2.26. The quantitative estimate of drug-likeness (QED) is 0.758. The Morgan fingerprint density at radius 3 is 2.32 bits per heavy atom. The summed E-state index contributed by atoms with van der Waals surface area (Å²) in [7, 11) is 3.06. The maximum absolute atomic E-state index is 12.5. The number of methoxy groups -OCH3 is 2. The number of amides is 2. The second-order valence-electron chi connectivity index (χ2n) is 5.26. The molecule has 2 aromatic rings. The summed E-state index contributed by atoms with van der Waals surface area (Å²) < 4.78 is 10.7. The Kier molecular flexibility index (Phi) is 5.79. The van der Waals surface area contributed by atoms with Gasteiger partial charge in [-0.05, 0) is 42.8 Å². The van der Waals surface area contributed by atoms with Crippen LogP contribution in [-0.4, -0.2) is 26.0 Å². The van der Waals surface area contributed by atoms with E-state index >= 15 is 0 Å². The van der Waals surface area contributed by atoms with E-state index in [1.807, 2.05) is 0 Å². The fourth-order valence-corrected chi connectivity index (χ4v) is 2.40. The summed E-state index contributed by atoms with van der Waals surface area (Å²) in [5.41, 5.74) is 7.35. The van der Waals surface area contributed by atoms with Gasteiger partial charge in [0, 0.05) is 22.4 Å². The molecule has 0 radical (unpaired) electrons. The summed E-state index contributed by atoms with van der Waals surface area (Å²) >= 11 is 0. The number of hydrogen-bond acceptors (Lipinski definition) is 4. The van der Waals surface area contributed by atoms with Gasteiger partial charge in [-0.2, -0.15) is 0 Å². The maximum Gasteiger partial charge on any atom is 0.255 e. The summed E-state index contributed by atoms with van der Waals surface area (Å²) in [5.74, 6) is 0.214. The Bertz CT molecular complexity index is 798. The van der Waals surface area contributed by atoms with Crippen molar-refractivity contribution in [2.45, 2.75) is 6.42 Å². The van der Waals surface area contributed by atoms with Crippen molar-refractivity contribution in [1.29, 1.82) is 0 Å². The molecule has 6 nitrogen and oxygen atoms in total. The average molecular weight is 340 g/mol. The van der Waals surface area contributed by atoms with Gasteiger partial charge in [-0.3, -0.25) is 9.59 Å². The van der Waals surface area contributed by atoms with E-state index in [4.69, 9.17) is 15.2 Å². The van der Waals surface area contributed by atoms with Crippen LogP contribution in [0.4, 0.5) is 5.69 Å². The van der Waals surface area contributed by atoms with Gasteiger partial charge in [-0.25, -0.2) is 0 Å². The number of ether oxygens (including phenoxy) is 2. The van der Waals surface area contributed by atoms with Crippen LogP contribution >= 0.6 is 0 Å². The minimum atomic E-state index is -0.521. The van der Waals surface area contributed by atoms with E-state index in [9.17, 15) is 9.59 Å². The van der Waals surface area contributed by atoms with E-state index in [1.54, 1.807) is 49.6 Å². The highest BCUT2D eigenvalue weighted by Crippen LogP contribution is 2.33. The van der Waals surface area contributed by atoms with Crippen LogP contribution in [0.25, 0.3) is 0 Å². The van der Waals surface area contributed by atoms with Crippen LogP contribution in [0.2, 0.25) is 0 Å². The maximum atomic E-state index is 12.5. The molecule has 3 N–H and O–H groups in total. The Labute approximate surface area is 146 Å². The lowest BCUT2D eigenvalue weighted by Gasteiger charge is -2.14. The Balaban J connectivity index is 2.30. The van der Waals surface area contributed by atoms with Gasteiger partial charge >= 0.3 is 0 Å². The van der Waals surface area contributed by atoms with Gasteiger partial charge in [0.15, 0.2) is 11.5 Å². The first-order valence-electron chi connectivity index (χ1n) is 7.57. The van der Waals surface area contributed by atoms with E-state index < -0.39 is 5.91 Å². The van der Waals surface area contributed by atoms with Crippen LogP contribution in [0.1, 0.15) is 26.3 Å². The molecule has 0 bridgehead atoms. The number of primary amides is 1. The second-order valence-corrected chi connectivity index (χ2v) is 5.26. The number of nitrogens with two attached hydrogens (primary N) is 1. The van der Waals surface area contributed by atoms with E-state index in [0.717, 1.165) is 5.56 Å². The van der Waals surface area contributed by atoms with Crippen LogP contribution in [0, 0.1) is 0 Å². The molecule has 0 fully saturated rings. The van der Waals surface area contributed by atoms with Crippen molar-refractivity contribution in [3.63, 3.8) is 0 Å². The van der Waals surface area contributed by atoms with Gasteiger partial charge in [0.2, 0.25) is 5.91 Å². The number of anilines is 1. The topological polar surface area (TPSA) is 90.7 Å². The number of nitrogens with one attached hydrogen (secondary N) is 1. The number of hydrogen-bond donors (Lipinski definition) is 2. The van der Waals surface area contributed by atoms with Gasteiger partial charge < -0.3 is 20.5 Å². The summed E-state index contributed by atoms with van der Waals surface area (Å²) in [4.78, 5) is 23.6. The highest BCUT2D eigenvalue weighted by Gasteiger charge is 2.16. The number of benzene rings is 2. The first-order valence-corrected chi connectivity index (χ1v) is 7.57. The zero-order valence-corrected chi connectivity index (χ0v) is 14.2. The molecule has 25 heavy (non-hydrogen) atoms. The predicted molar refractivity (Wildman–Crippen MR) is 96.4 cm³/mol. The molecule has 2 amide bonds. The summed E-state index contributed by atoms with van der Waals surface area (Å²) in [6.45, 7) is 3.72. The van der Waals surface area contributed by atoms with Crippen molar-refractivity contribution in [1.82, 2.24) is 0 Å². The van der Waals surface area contributed by atoms with Crippen molar-refractivity contribution >= 4 is 17.5 Å². The summed E-state index contributed by atoms with van der Waals surface area (Å²) in [5, 5.41) is 2.77. The highest BCUT2D eigenvalue weighted by molar-refractivity contribution is 6.05. The van der Waals surface area contributed by atoms with E-state index in [-0.39, 0.29) is 5.91 Å². The Morgan fingerprint density at radius 2 is 1.80 bits per heavy atom. The van der Waals surface area contributed by atoms with Gasteiger partial charge in [0.05, 0.1) is 14.2 Å². The number of rotatable bonds is 7. The molecule has 0 unspecified atom stereocenters. The molecule has 0 aliphatic heterocycles. The molecule has 0 aliphatic rings. The second kappa shape index (κ2) is 8.01. The fourth-order valence-electron chi connectivity index (χ4n) is 2.40. The molecule has 0 aromatic heterocycles. The number of carbonyl (C=O) groups is 2. The number of carbonyl (C=O) groups excluding carboxylic acids is 2. The van der Waals surface area contributed by atoms with Crippen molar-refractivity contribution < 1.29 is 19.1 Å². The minimum Gasteiger partial charge on any atom is -0.493 e. The lowest BCUT2D eigenvalue weighted by molar-refractivity contribution is 0.0998. The molecule has 6 heteroatoms. The molecule has 2 aromatic carbocycles. The summed E-state index contributed by atoms with van der Waals surface area (Å²) in [6, 6.07) is 9.67. The predicted octanol–water partition coefficient (Wildman–Crippen LogP) is 2.78. The molecular formula is C19H20N2O4. The van der Waals surface area contributed by atoms with E-state index in [1.165, 1.54) is 7.11 Å². The van der Waals surface area contributed by atoms with Crippen molar-refractivity contribution in [3.8, 4) is 11.5 Å². The molecule has 0 aliphatic carbocycles. The van der Waals surface area contributed by atoms with Crippen LogP contribution in [0.15, 0.2) is 49.1 Å². The normalized spacial score (nSPS) is 10.0. The van der Waals surface area contributed by atoms with E-state index in [0.29, 0.717) is 34.7 Å². The van der Waals surface area contributed by atoms with Crippen molar-refractivity contribution in [2.75, 3.05) is 19.5 Å². The lowest BCUT2D eigenvalue weighted by atomic mass is 10.0. The Hall–Kier alpha value is -3.28. The van der Waals surface area contributed by atoms with Crippen LogP contribution < -0.4 is 20.5 Å². The zero-order chi connectivity index (χ0) is 18.4. The van der Waals surface area contributed by atoms with Crippen LogP contribution in [0.3, 0.4) is 0 Å². The monoisotopic (exact) mass is 340 g/mol. The third kappa shape index (κ3) is 4.17. The minimum absolute atomic E-state index is 0.307. The lowest BCUT2D eigenvalue weighted by Crippen LogP contribution is -2.14. The average Bonchev–Trinajstić information content (AvgIpc) is 2.61. The zero-order valence-electron chi connectivity index (χ0n) is 14.2. The van der Waals surface area contributed by atoms with Crippen molar-refractivity contribution in [2.24, 2.45) is 5.73 Å². The van der Waals surface area contributed by atoms with Gasteiger partial charge in [0.25, 0.3) is 5.91 Å². The first-order chi connectivity index (χ1) is 12.0. The first kappa shape index (κ1) is 18.1. The molecule has 130 valence electrons. The highest BCUT2D eigenvalue weighted by atomic mass is 16.5. The molecule has 0 spiro atoms. The van der Waals surface area contributed by atoms with Crippen LogP contribution in [0.5, 0.6) is 11.5 Å². The van der Waals surface area contributed by atoms with Crippen molar-refractivity contribution in [3.05, 3.63) is 65.7 Å². The SMILES string of the molecule is C=CCc1cc(C(=O)Nc2ccc(C(N)=O)cc2)cc(OC)c1OC. The van der Waals surface area contributed by atoms with Crippen LogP contribution in [-0.2, 0) is 6.42 Å². The third-order valence-electron chi connectivity index (χ3n) is 3.61. The molecule has 0 saturated heterocycles. The standard InChI is InChI=1S/C19H20N2O4/c1-4-5-13-10-14(11-16(24-2)17(13)25-3)19(23)21-15-8-6-12(7-9-15)18(20)22/h4,6-11H,1,5H2,2-3H3,(H2,20,22)(H,21,23). The molecule has 2 rings (SSSR count). The fraction of sp³-hybridized carbons (Fsp3) is 0.158. The molecule has 0 saturated carbocycles. The third-order valence-corrected chi connectivity index (χ3v) is 3.61. The molecule has 0 heterocycles. The Morgan fingerprint density at radius 1 is 1.12 bits per heavy atom. The number of allylic oxidation sites excluding steroid dienone is 1. The van der Waals surface area contributed by atoms with Gasteiger partial charge in [-0.15, -0.1) is 6.58 Å².